The lowest BCUT2D eigenvalue weighted by molar-refractivity contribution is 0.0951. The molecule has 26 heavy (non-hydrogen) atoms. The Hall–Kier alpha value is -3.47. The zero-order chi connectivity index (χ0) is 17.9. The van der Waals surface area contributed by atoms with Crippen molar-refractivity contribution in [1.82, 2.24) is 10.5 Å². The van der Waals surface area contributed by atoms with Gasteiger partial charge in [0.15, 0.2) is 5.76 Å². The quantitative estimate of drug-likeness (QED) is 0.589. The van der Waals surface area contributed by atoms with Gasteiger partial charge in [-0.3, -0.25) is 4.79 Å². The van der Waals surface area contributed by atoms with Crippen molar-refractivity contribution < 1.29 is 13.7 Å². The number of rotatable bonds is 4. The van der Waals surface area contributed by atoms with Gasteiger partial charge in [-0.25, -0.2) is 4.39 Å². The summed E-state index contributed by atoms with van der Waals surface area (Å²) in [5.41, 5.74) is 1.46. The minimum atomic E-state index is -0.380. The maximum Gasteiger partial charge on any atom is 0.252 e. The monoisotopic (exact) mass is 346 g/mol. The van der Waals surface area contributed by atoms with Gasteiger partial charge >= 0.3 is 0 Å². The van der Waals surface area contributed by atoms with Crippen LogP contribution < -0.4 is 5.32 Å². The van der Waals surface area contributed by atoms with Gasteiger partial charge in [0, 0.05) is 11.6 Å². The van der Waals surface area contributed by atoms with Gasteiger partial charge in [-0.1, -0.05) is 53.7 Å². The molecule has 4 rings (SSSR count). The lowest BCUT2D eigenvalue weighted by atomic mass is 10.0. The minimum Gasteiger partial charge on any atom is -0.356 e. The van der Waals surface area contributed by atoms with Crippen molar-refractivity contribution >= 4 is 16.7 Å². The highest BCUT2D eigenvalue weighted by Gasteiger charge is 2.13. The van der Waals surface area contributed by atoms with E-state index in [0.717, 1.165) is 10.8 Å². The van der Waals surface area contributed by atoms with Crippen LogP contribution in [0.25, 0.3) is 22.1 Å². The number of hydrogen-bond donors (Lipinski definition) is 1. The molecule has 0 spiro atoms. The molecule has 1 heterocycles. The predicted octanol–water partition coefficient (Wildman–Crippen LogP) is 4.56. The van der Waals surface area contributed by atoms with Gasteiger partial charge in [0.25, 0.3) is 5.91 Å². The van der Waals surface area contributed by atoms with Crippen molar-refractivity contribution in [3.63, 3.8) is 0 Å². The van der Waals surface area contributed by atoms with E-state index in [9.17, 15) is 9.18 Å². The molecule has 0 bridgehead atoms. The summed E-state index contributed by atoms with van der Waals surface area (Å²) in [5.74, 6) is -0.246. The van der Waals surface area contributed by atoms with Crippen molar-refractivity contribution in [3.05, 3.63) is 89.9 Å². The SMILES string of the molecule is O=C(NCc1cc(-c2ccccc2F)on1)c1cccc2ccccc12. The summed E-state index contributed by atoms with van der Waals surface area (Å²) in [4.78, 5) is 12.5. The molecule has 128 valence electrons. The van der Waals surface area contributed by atoms with Gasteiger partial charge < -0.3 is 9.84 Å². The van der Waals surface area contributed by atoms with Crippen molar-refractivity contribution in [2.75, 3.05) is 0 Å². The van der Waals surface area contributed by atoms with Crippen LogP contribution in [0.3, 0.4) is 0 Å². The summed E-state index contributed by atoms with van der Waals surface area (Å²) in [6, 6.07) is 21.3. The third kappa shape index (κ3) is 3.07. The molecular weight excluding hydrogens is 331 g/mol. The van der Waals surface area contributed by atoms with E-state index in [0.29, 0.717) is 22.6 Å². The largest absolute Gasteiger partial charge is 0.356 e. The topological polar surface area (TPSA) is 55.1 Å². The van der Waals surface area contributed by atoms with Gasteiger partial charge in [0.1, 0.15) is 11.5 Å². The van der Waals surface area contributed by atoms with Gasteiger partial charge in [-0.05, 0) is 29.0 Å². The molecule has 4 nitrogen and oxygen atoms in total. The molecule has 4 aromatic rings. The fourth-order valence-corrected chi connectivity index (χ4v) is 2.87. The first-order chi connectivity index (χ1) is 12.7. The van der Waals surface area contributed by atoms with Gasteiger partial charge in [-0.15, -0.1) is 0 Å². The zero-order valence-electron chi connectivity index (χ0n) is 13.8. The van der Waals surface area contributed by atoms with Crippen LogP contribution in [0.1, 0.15) is 16.1 Å². The summed E-state index contributed by atoms with van der Waals surface area (Å²) >= 11 is 0. The highest BCUT2D eigenvalue weighted by Crippen LogP contribution is 2.23. The molecule has 0 fully saturated rings. The first-order valence-electron chi connectivity index (χ1n) is 8.19. The molecule has 0 aliphatic carbocycles. The molecular formula is C21H15FN2O2. The molecule has 1 N–H and O–H groups in total. The average molecular weight is 346 g/mol. The number of hydrogen-bond acceptors (Lipinski definition) is 3. The molecule has 3 aromatic carbocycles. The van der Waals surface area contributed by atoms with E-state index >= 15 is 0 Å². The van der Waals surface area contributed by atoms with Gasteiger partial charge in [-0.2, -0.15) is 0 Å². The van der Waals surface area contributed by atoms with Crippen molar-refractivity contribution in [2.24, 2.45) is 0 Å². The molecule has 0 saturated heterocycles. The summed E-state index contributed by atoms with van der Waals surface area (Å²) < 4.78 is 19.0. The number of aromatic nitrogens is 1. The molecule has 1 aromatic heterocycles. The van der Waals surface area contributed by atoms with E-state index in [4.69, 9.17) is 4.52 Å². The normalized spacial score (nSPS) is 10.8. The Kier molecular flexibility index (Phi) is 4.19. The summed E-state index contributed by atoms with van der Waals surface area (Å²) in [5, 5.41) is 8.63. The predicted molar refractivity (Wildman–Crippen MR) is 97.0 cm³/mol. The number of halogens is 1. The van der Waals surface area contributed by atoms with Crippen LogP contribution in [-0.2, 0) is 6.54 Å². The Labute approximate surface area is 149 Å². The first kappa shape index (κ1) is 16.0. The van der Waals surface area contributed by atoms with E-state index in [-0.39, 0.29) is 18.3 Å². The van der Waals surface area contributed by atoms with E-state index < -0.39 is 0 Å². The van der Waals surface area contributed by atoms with E-state index in [2.05, 4.69) is 10.5 Å². The standard InChI is InChI=1S/C21H15FN2O2/c22-19-11-4-3-9-18(19)20-12-15(24-26-20)13-23-21(25)17-10-5-7-14-6-1-2-8-16(14)17/h1-12H,13H2,(H,23,25). The molecule has 0 aliphatic rings. The number of carbonyl (C=O) groups excluding carboxylic acids is 1. The molecule has 0 aliphatic heterocycles. The third-order valence-electron chi connectivity index (χ3n) is 4.16. The van der Waals surface area contributed by atoms with Crippen LogP contribution in [0.4, 0.5) is 4.39 Å². The highest BCUT2D eigenvalue weighted by molar-refractivity contribution is 6.06. The average Bonchev–Trinajstić information content (AvgIpc) is 3.15. The first-order valence-corrected chi connectivity index (χ1v) is 8.19. The Morgan fingerprint density at radius 1 is 1.00 bits per heavy atom. The Morgan fingerprint density at radius 3 is 2.65 bits per heavy atom. The summed E-state index contributed by atoms with van der Waals surface area (Å²) in [7, 11) is 0. The van der Waals surface area contributed by atoms with Crippen LogP contribution in [-0.4, -0.2) is 11.1 Å². The number of fused-ring (bicyclic) bond motifs is 1. The number of nitrogens with zero attached hydrogens (tertiary/aromatic N) is 1. The second-order valence-electron chi connectivity index (χ2n) is 5.87. The Bertz CT molecular complexity index is 1080. The molecule has 5 heteroatoms. The molecule has 0 atom stereocenters. The highest BCUT2D eigenvalue weighted by atomic mass is 19.1. The second-order valence-corrected chi connectivity index (χ2v) is 5.87. The van der Waals surface area contributed by atoms with Crippen LogP contribution in [0, 0.1) is 5.82 Å². The smallest absolute Gasteiger partial charge is 0.252 e. The van der Waals surface area contributed by atoms with Crippen molar-refractivity contribution in [3.8, 4) is 11.3 Å². The molecule has 0 unspecified atom stereocenters. The Morgan fingerprint density at radius 2 is 1.77 bits per heavy atom. The Balaban J connectivity index is 1.51. The zero-order valence-corrected chi connectivity index (χ0v) is 13.8. The van der Waals surface area contributed by atoms with Gasteiger partial charge in [0.05, 0.1) is 12.1 Å². The van der Waals surface area contributed by atoms with Crippen LogP contribution >= 0.6 is 0 Å². The van der Waals surface area contributed by atoms with Crippen molar-refractivity contribution in [1.29, 1.82) is 0 Å². The third-order valence-corrected chi connectivity index (χ3v) is 4.16. The molecule has 0 saturated carbocycles. The van der Waals surface area contributed by atoms with Crippen LogP contribution in [0.5, 0.6) is 0 Å². The minimum absolute atomic E-state index is 0.194. The van der Waals surface area contributed by atoms with E-state index in [1.54, 1.807) is 30.3 Å². The number of benzene rings is 3. The van der Waals surface area contributed by atoms with E-state index in [1.165, 1.54) is 6.07 Å². The maximum absolute atomic E-state index is 13.8. The fourth-order valence-electron chi connectivity index (χ4n) is 2.87. The van der Waals surface area contributed by atoms with Gasteiger partial charge in [0.2, 0.25) is 0 Å². The summed E-state index contributed by atoms with van der Waals surface area (Å²) in [6.07, 6.45) is 0. The lowest BCUT2D eigenvalue weighted by Crippen LogP contribution is -2.23. The molecule has 1 amide bonds. The van der Waals surface area contributed by atoms with Crippen molar-refractivity contribution in [2.45, 2.75) is 6.54 Å². The number of amides is 1. The number of carbonyl (C=O) groups is 1. The maximum atomic E-state index is 13.8. The molecule has 0 radical (unpaired) electrons. The number of nitrogens with one attached hydrogen (secondary N) is 1. The second kappa shape index (κ2) is 6.80. The van der Waals surface area contributed by atoms with Crippen LogP contribution in [0.2, 0.25) is 0 Å². The lowest BCUT2D eigenvalue weighted by Gasteiger charge is -2.06. The summed E-state index contributed by atoms with van der Waals surface area (Å²) in [6.45, 7) is 0.194. The fraction of sp³-hybridized carbons (Fsp3) is 0.0476. The van der Waals surface area contributed by atoms with E-state index in [1.807, 2.05) is 36.4 Å². The van der Waals surface area contributed by atoms with Crippen LogP contribution in [0.15, 0.2) is 77.3 Å².